The van der Waals surface area contributed by atoms with Crippen molar-refractivity contribution in [2.24, 2.45) is 5.92 Å². The SMILES string of the molecule is Cc1csc(CNC2(CO)CCCC(C)C2)n1. The summed E-state index contributed by atoms with van der Waals surface area (Å²) >= 11 is 1.69. The zero-order valence-electron chi connectivity index (χ0n) is 10.7. The molecule has 17 heavy (non-hydrogen) atoms. The maximum Gasteiger partial charge on any atom is 0.107 e. The van der Waals surface area contributed by atoms with Crippen LogP contribution in [0, 0.1) is 12.8 Å². The Hall–Kier alpha value is -0.450. The smallest absolute Gasteiger partial charge is 0.107 e. The van der Waals surface area contributed by atoms with Crippen LogP contribution < -0.4 is 5.32 Å². The minimum Gasteiger partial charge on any atom is -0.394 e. The van der Waals surface area contributed by atoms with Crippen LogP contribution in [0.1, 0.15) is 43.3 Å². The molecular formula is C13H22N2OS. The predicted octanol–water partition coefficient (Wildman–Crippen LogP) is 2.48. The maximum atomic E-state index is 9.66. The molecule has 0 saturated heterocycles. The minimum absolute atomic E-state index is 0.0722. The van der Waals surface area contributed by atoms with Crippen molar-refractivity contribution in [1.29, 1.82) is 0 Å². The Balaban J connectivity index is 1.94. The van der Waals surface area contributed by atoms with Gasteiger partial charge in [-0.05, 0) is 25.7 Å². The molecule has 0 aliphatic heterocycles. The van der Waals surface area contributed by atoms with Crippen molar-refractivity contribution >= 4 is 11.3 Å². The van der Waals surface area contributed by atoms with Crippen molar-refractivity contribution in [3.05, 3.63) is 16.1 Å². The molecule has 0 bridgehead atoms. The first-order valence-electron chi connectivity index (χ1n) is 6.40. The Morgan fingerprint density at radius 1 is 1.65 bits per heavy atom. The zero-order chi connectivity index (χ0) is 12.3. The van der Waals surface area contributed by atoms with E-state index in [0.29, 0.717) is 5.92 Å². The maximum absolute atomic E-state index is 9.66. The first kappa shape index (κ1) is 13.0. The second-order valence-electron chi connectivity index (χ2n) is 5.38. The van der Waals surface area contributed by atoms with Gasteiger partial charge < -0.3 is 10.4 Å². The number of nitrogens with zero attached hydrogens (tertiary/aromatic N) is 1. The van der Waals surface area contributed by atoms with Crippen LogP contribution in [-0.2, 0) is 6.54 Å². The lowest BCUT2D eigenvalue weighted by atomic mass is 9.77. The molecule has 3 nitrogen and oxygen atoms in total. The average Bonchev–Trinajstić information content (AvgIpc) is 2.73. The van der Waals surface area contributed by atoms with E-state index in [4.69, 9.17) is 0 Å². The summed E-state index contributed by atoms with van der Waals surface area (Å²) in [6.07, 6.45) is 4.66. The third-order valence-electron chi connectivity index (χ3n) is 3.68. The fraction of sp³-hybridized carbons (Fsp3) is 0.769. The molecule has 1 aliphatic rings. The number of aromatic nitrogens is 1. The fourth-order valence-electron chi connectivity index (χ4n) is 2.77. The summed E-state index contributed by atoms with van der Waals surface area (Å²) in [7, 11) is 0. The third kappa shape index (κ3) is 3.27. The Kier molecular flexibility index (Phi) is 4.17. The van der Waals surface area contributed by atoms with Gasteiger partial charge >= 0.3 is 0 Å². The number of nitrogens with one attached hydrogen (secondary N) is 1. The lowest BCUT2D eigenvalue weighted by molar-refractivity contribution is 0.0982. The first-order chi connectivity index (χ1) is 8.13. The molecule has 1 aliphatic carbocycles. The van der Waals surface area contributed by atoms with Gasteiger partial charge in [0.05, 0.1) is 6.61 Å². The molecule has 1 fully saturated rings. The van der Waals surface area contributed by atoms with E-state index >= 15 is 0 Å². The highest BCUT2D eigenvalue weighted by Crippen LogP contribution is 2.32. The predicted molar refractivity (Wildman–Crippen MR) is 71.1 cm³/mol. The summed E-state index contributed by atoms with van der Waals surface area (Å²) in [5.41, 5.74) is 1.01. The van der Waals surface area contributed by atoms with Gasteiger partial charge in [-0.25, -0.2) is 4.98 Å². The van der Waals surface area contributed by atoms with Gasteiger partial charge in [0.15, 0.2) is 0 Å². The Bertz CT molecular complexity index is 366. The lowest BCUT2D eigenvalue weighted by Gasteiger charge is -2.39. The molecule has 4 heteroatoms. The van der Waals surface area contributed by atoms with Crippen molar-refractivity contribution in [3.8, 4) is 0 Å². The number of aryl methyl sites for hydroxylation is 1. The molecule has 1 aromatic heterocycles. The van der Waals surface area contributed by atoms with Crippen molar-refractivity contribution in [2.75, 3.05) is 6.61 Å². The topological polar surface area (TPSA) is 45.1 Å². The highest BCUT2D eigenvalue weighted by Gasteiger charge is 2.33. The summed E-state index contributed by atoms with van der Waals surface area (Å²) < 4.78 is 0. The first-order valence-corrected chi connectivity index (χ1v) is 7.28. The van der Waals surface area contributed by atoms with Crippen LogP contribution in [-0.4, -0.2) is 22.2 Å². The number of aliphatic hydroxyl groups is 1. The number of aliphatic hydroxyl groups excluding tert-OH is 1. The summed E-state index contributed by atoms with van der Waals surface area (Å²) in [6, 6.07) is 0. The van der Waals surface area contributed by atoms with Crippen molar-refractivity contribution < 1.29 is 5.11 Å². The van der Waals surface area contributed by atoms with Crippen LogP contribution in [0.15, 0.2) is 5.38 Å². The second kappa shape index (κ2) is 5.46. The second-order valence-corrected chi connectivity index (χ2v) is 6.32. The number of thiazole rings is 1. The summed E-state index contributed by atoms with van der Waals surface area (Å²) in [5.74, 6) is 0.710. The summed E-state index contributed by atoms with van der Waals surface area (Å²) in [4.78, 5) is 4.45. The van der Waals surface area contributed by atoms with E-state index < -0.39 is 0 Å². The normalized spacial score (nSPS) is 29.5. The standard InChI is InChI=1S/C13H22N2OS/c1-10-4-3-5-13(6-10,9-16)14-7-12-15-11(2)8-17-12/h8,10,14,16H,3-7,9H2,1-2H3. The van der Waals surface area contributed by atoms with Crippen LogP contribution in [0.25, 0.3) is 0 Å². The van der Waals surface area contributed by atoms with Gasteiger partial charge in [0.2, 0.25) is 0 Å². The van der Waals surface area contributed by atoms with E-state index in [-0.39, 0.29) is 12.1 Å². The van der Waals surface area contributed by atoms with Crippen molar-refractivity contribution in [2.45, 2.75) is 51.6 Å². The zero-order valence-corrected chi connectivity index (χ0v) is 11.5. The van der Waals surface area contributed by atoms with E-state index in [0.717, 1.165) is 30.1 Å². The van der Waals surface area contributed by atoms with Crippen LogP contribution in [0.2, 0.25) is 0 Å². The van der Waals surface area contributed by atoms with Crippen LogP contribution >= 0.6 is 11.3 Å². The quantitative estimate of drug-likeness (QED) is 0.867. The monoisotopic (exact) mass is 254 g/mol. The molecule has 2 atom stereocenters. The van der Waals surface area contributed by atoms with Crippen LogP contribution in [0.5, 0.6) is 0 Å². The van der Waals surface area contributed by atoms with Gasteiger partial charge in [0.1, 0.15) is 5.01 Å². The van der Waals surface area contributed by atoms with Crippen LogP contribution in [0.3, 0.4) is 0 Å². The van der Waals surface area contributed by atoms with Gasteiger partial charge in [-0.1, -0.05) is 19.8 Å². The number of hydrogen-bond donors (Lipinski definition) is 2. The van der Waals surface area contributed by atoms with Gasteiger partial charge in [0, 0.05) is 23.2 Å². The average molecular weight is 254 g/mol. The number of rotatable bonds is 4. The molecule has 1 aromatic rings. The van der Waals surface area contributed by atoms with Gasteiger partial charge in [-0.3, -0.25) is 0 Å². The Morgan fingerprint density at radius 2 is 2.47 bits per heavy atom. The lowest BCUT2D eigenvalue weighted by Crippen LogP contribution is -2.51. The highest BCUT2D eigenvalue weighted by molar-refractivity contribution is 7.09. The van der Waals surface area contributed by atoms with Crippen molar-refractivity contribution in [1.82, 2.24) is 10.3 Å². The highest BCUT2D eigenvalue weighted by atomic mass is 32.1. The summed E-state index contributed by atoms with van der Waals surface area (Å²) in [6.45, 7) is 5.32. The van der Waals surface area contributed by atoms with Crippen molar-refractivity contribution in [3.63, 3.8) is 0 Å². The molecule has 2 unspecified atom stereocenters. The molecule has 0 amide bonds. The molecular weight excluding hydrogens is 232 g/mol. The molecule has 2 rings (SSSR count). The van der Waals surface area contributed by atoms with Gasteiger partial charge in [0.25, 0.3) is 0 Å². The van der Waals surface area contributed by atoms with Crippen LogP contribution in [0.4, 0.5) is 0 Å². The van der Waals surface area contributed by atoms with E-state index in [1.165, 1.54) is 12.8 Å². The van der Waals surface area contributed by atoms with E-state index in [1.807, 2.05) is 6.92 Å². The molecule has 1 saturated carbocycles. The summed E-state index contributed by atoms with van der Waals surface area (Å²) in [5, 5.41) is 16.4. The largest absolute Gasteiger partial charge is 0.394 e. The van der Waals surface area contributed by atoms with E-state index in [1.54, 1.807) is 11.3 Å². The molecule has 2 N–H and O–H groups in total. The molecule has 96 valence electrons. The van der Waals surface area contributed by atoms with Gasteiger partial charge in [-0.2, -0.15) is 0 Å². The molecule has 1 heterocycles. The van der Waals surface area contributed by atoms with E-state index in [2.05, 4.69) is 22.6 Å². The Morgan fingerprint density at radius 3 is 3.06 bits per heavy atom. The fourth-order valence-corrected chi connectivity index (χ4v) is 3.48. The molecule has 0 spiro atoms. The van der Waals surface area contributed by atoms with Gasteiger partial charge in [-0.15, -0.1) is 11.3 Å². The number of hydrogen-bond acceptors (Lipinski definition) is 4. The molecule has 0 radical (unpaired) electrons. The Labute approximate surface area is 107 Å². The van der Waals surface area contributed by atoms with E-state index in [9.17, 15) is 5.11 Å². The minimum atomic E-state index is -0.0722. The molecule has 0 aromatic carbocycles. The third-order valence-corrected chi connectivity index (χ3v) is 4.64.